The summed E-state index contributed by atoms with van der Waals surface area (Å²) in [5.74, 6) is 0.689. The minimum absolute atomic E-state index is 0.0604. The van der Waals surface area contributed by atoms with Gasteiger partial charge in [-0.25, -0.2) is 0 Å². The van der Waals surface area contributed by atoms with Gasteiger partial charge in [0.15, 0.2) is 0 Å². The molecule has 1 saturated carbocycles. The van der Waals surface area contributed by atoms with Crippen LogP contribution in [0.4, 0.5) is 0 Å². The summed E-state index contributed by atoms with van der Waals surface area (Å²) in [4.78, 5) is 11.0. The number of carbonyl (C=O) groups is 1. The second-order valence-corrected chi connectivity index (χ2v) is 4.14. The van der Waals surface area contributed by atoms with Crippen LogP contribution >= 0.6 is 0 Å². The predicted molar refractivity (Wildman–Crippen MR) is 55.8 cm³/mol. The SMILES string of the molecule is CCOC(=O)CCCC1CCC(N)C1. The average molecular weight is 199 g/mol. The molecule has 3 nitrogen and oxygen atoms in total. The first-order valence-corrected chi connectivity index (χ1v) is 5.63. The van der Waals surface area contributed by atoms with Crippen LogP contribution in [0.3, 0.4) is 0 Å². The van der Waals surface area contributed by atoms with E-state index in [-0.39, 0.29) is 5.97 Å². The highest BCUT2D eigenvalue weighted by Gasteiger charge is 2.21. The zero-order valence-corrected chi connectivity index (χ0v) is 9.00. The Balaban J connectivity index is 2.01. The third-order valence-electron chi connectivity index (χ3n) is 2.88. The fourth-order valence-corrected chi connectivity index (χ4v) is 2.14. The molecule has 0 aliphatic heterocycles. The van der Waals surface area contributed by atoms with Crippen LogP contribution in [0.2, 0.25) is 0 Å². The number of ether oxygens (including phenoxy) is 1. The standard InChI is InChI=1S/C11H21NO2/c1-2-14-11(13)5-3-4-9-6-7-10(12)8-9/h9-10H,2-8,12H2,1H3. The summed E-state index contributed by atoms with van der Waals surface area (Å²) in [5, 5.41) is 0. The summed E-state index contributed by atoms with van der Waals surface area (Å²) in [5.41, 5.74) is 5.81. The van der Waals surface area contributed by atoms with Gasteiger partial charge in [0.2, 0.25) is 0 Å². The fraction of sp³-hybridized carbons (Fsp3) is 0.909. The molecular weight excluding hydrogens is 178 g/mol. The molecule has 2 unspecified atom stereocenters. The first-order chi connectivity index (χ1) is 6.72. The molecule has 0 aromatic carbocycles. The zero-order valence-electron chi connectivity index (χ0n) is 9.00. The van der Waals surface area contributed by atoms with E-state index in [0.29, 0.717) is 19.1 Å². The topological polar surface area (TPSA) is 52.3 Å². The summed E-state index contributed by atoms with van der Waals surface area (Å²) >= 11 is 0. The van der Waals surface area contributed by atoms with Gasteiger partial charge in [0, 0.05) is 12.5 Å². The first-order valence-electron chi connectivity index (χ1n) is 5.63. The molecule has 1 aliphatic rings. The van der Waals surface area contributed by atoms with Crippen LogP contribution in [0, 0.1) is 5.92 Å². The van der Waals surface area contributed by atoms with E-state index in [1.54, 1.807) is 0 Å². The van der Waals surface area contributed by atoms with Crippen LogP contribution in [0.1, 0.15) is 45.4 Å². The van der Waals surface area contributed by atoms with E-state index in [4.69, 9.17) is 10.5 Å². The number of nitrogens with two attached hydrogens (primary N) is 1. The molecule has 14 heavy (non-hydrogen) atoms. The van der Waals surface area contributed by atoms with Crippen molar-refractivity contribution < 1.29 is 9.53 Å². The molecule has 1 fully saturated rings. The van der Waals surface area contributed by atoms with Crippen LogP contribution in [-0.2, 0) is 9.53 Å². The van der Waals surface area contributed by atoms with Crippen molar-refractivity contribution in [2.24, 2.45) is 11.7 Å². The quantitative estimate of drug-likeness (QED) is 0.687. The van der Waals surface area contributed by atoms with Gasteiger partial charge in [-0.15, -0.1) is 0 Å². The van der Waals surface area contributed by atoms with Crippen molar-refractivity contribution in [3.8, 4) is 0 Å². The molecule has 0 aromatic rings. The van der Waals surface area contributed by atoms with Gasteiger partial charge in [-0.2, -0.15) is 0 Å². The monoisotopic (exact) mass is 199 g/mol. The Morgan fingerprint density at radius 1 is 1.50 bits per heavy atom. The van der Waals surface area contributed by atoms with E-state index in [2.05, 4.69) is 0 Å². The van der Waals surface area contributed by atoms with Gasteiger partial charge in [0.05, 0.1) is 6.61 Å². The lowest BCUT2D eigenvalue weighted by Crippen LogP contribution is -2.14. The Morgan fingerprint density at radius 2 is 2.29 bits per heavy atom. The Bertz CT molecular complexity index is 182. The summed E-state index contributed by atoms with van der Waals surface area (Å²) in [7, 11) is 0. The van der Waals surface area contributed by atoms with Gasteiger partial charge >= 0.3 is 5.97 Å². The van der Waals surface area contributed by atoms with Crippen molar-refractivity contribution in [2.75, 3.05) is 6.61 Å². The molecule has 1 rings (SSSR count). The van der Waals surface area contributed by atoms with Crippen molar-refractivity contribution in [3.63, 3.8) is 0 Å². The van der Waals surface area contributed by atoms with E-state index in [9.17, 15) is 4.79 Å². The molecule has 2 N–H and O–H groups in total. The van der Waals surface area contributed by atoms with E-state index in [0.717, 1.165) is 31.6 Å². The number of carbonyl (C=O) groups excluding carboxylic acids is 1. The molecule has 0 radical (unpaired) electrons. The number of rotatable bonds is 5. The molecule has 0 amide bonds. The van der Waals surface area contributed by atoms with Crippen LogP contribution in [-0.4, -0.2) is 18.6 Å². The van der Waals surface area contributed by atoms with Crippen molar-refractivity contribution in [1.82, 2.24) is 0 Å². The van der Waals surface area contributed by atoms with Gasteiger partial charge in [-0.1, -0.05) is 0 Å². The highest BCUT2D eigenvalue weighted by atomic mass is 16.5. The van der Waals surface area contributed by atoms with Crippen molar-refractivity contribution in [2.45, 2.75) is 51.5 Å². The average Bonchev–Trinajstić information content (AvgIpc) is 2.52. The fourth-order valence-electron chi connectivity index (χ4n) is 2.14. The Morgan fingerprint density at radius 3 is 2.86 bits per heavy atom. The van der Waals surface area contributed by atoms with Crippen LogP contribution < -0.4 is 5.73 Å². The van der Waals surface area contributed by atoms with Gasteiger partial charge in [0.25, 0.3) is 0 Å². The predicted octanol–water partition coefficient (Wildman–Crippen LogP) is 1.85. The molecule has 82 valence electrons. The third kappa shape index (κ3) is 4.09. The van der Waals surface area contributed by atoms with Gasteiger partial charge in [0.1, 0.15) is 0 Å². The molecule has 0 saturated heterocycles. The normalized spacial score (nSPS) is 26.4. The van der Waals surface area contributed by atoms with Crippen molar-refractivity contribution >= 4 is 5.97 Å². The summed E-state index contributed by atoms with van der Waals surface area (Å²) in [6, 6.07) is 0.405. The first kappa shape index (κ1) is 11.5. The number of hydrogen-bond donors (Lipinski definition) is 1. The summed E-state index contributed by atoms with van der Waals surface area (Å²) in [6.07, 6.45) is 6.19. The molecular formula is C11H21NO2. The molecule has 0 spiro atoms. The molecule has 0 bridgehead atoms. The lowest BCUT2D eigenvalue weighted by Gasteiger charge is -2.08. The Kier molecular flexibility index (Phi) is 4.94. The smallest absolute Gasteiger partial charge is 0.305 e. The van der Waals surface area contributed by atoms with Gasteiger partial charge in [-0.3, -0.25) is 4.79 Å². The van der Waals surface area contributed by atoms with E-state index < -0.39 is 0 Å². The maximum atomic E-state index is 11.0. The second kappa shape index (κ2) is 6.02. The maximum absolute atomic E-state index is 11.0. The maximum Gasteiger partial charge on any atom is 0.305 e. The van der Waals surface area contributed by atoms with Gasteiger partial charge in [-0.05, 0) is 44.9 Å². The highest BCUT2D eigenvalue weighted by Crippen LogP contribution is 2.28. The Labute approximate surface area is 86.0 Å². The lowest BCUT2D eigenvalue weighted by molar-refractivity contribution is -0.143. The number of esters is 1. The summed E-state index contributed by atoms with van der Waals surface area (Å²) in [6.45, 7) is 2.33. The van der Waals surface area contributed by atoms with Crippen LogP contribution in [0.15, 0.2) is 0 Å². The third-order valence-corrected chi connectivity index (χ3v) is 2.88. The molecule has 0 heterocycles. The highest BCUT2D eigenvalue weighted by molar-refractivity contribution is 5.69. The van der Waals surface area contributed by atoms with E-state index in [1.165, 1.54) is 6.42 Å². The van der Waals surface area contributed by atoms with Crippen LogP contribution in [0.25, 0.3) is 0 Å². The van der Waals surface area contributed by atoms with Crippen molar-refractivity contribution in [3.05, 3.63) is 0 Å². The molecule has 3 heteroatoms. The van der Waals surface area contributed by atoms with Crippen LogP contribution in [0.5, 0.6) is 0 Å². The Hall–Kier alpha value is -0.570. The minimum Gasteiger partial charge on any atom is -0.466 e. The van der Waals surface area contributed by atoms with Crippen molar-refractivity contribution in [1.29, 1.82) is 0 Å². The number of hydrogen-bond acceptors (Lipinski definition) is 3. The second-order valence-electron chi connectivity index (χ2n) is 4.14. The largest absolute Gasteiger partial charge is 0.466 e. The molecule has 1 aliphatic carbocycles. The summed E-state index contributed by atoms with van der Waals surface area (Å²) < 4.78 is 4.86. The van der Waals surface area contributed by atoms with E-state index >= 15 is 0 Å². The lowest BCUT2D eigenvalue weighted by atomic mass is 10.0. The molecule has 2 atom stereocenters. The molecule has 0 aromatic heterocycles. The zero-order chi connectivity index (χ0) is 10.4. The van der Waals surface area contributed by atoms with E-state index in [1.807, 2.05) is 6.92 Å². The minimum atomic E-state index is -0.0604. The van der Waals surface area contributed by atoms with Gasteiger partial charge < -0.3 is 10.5 Å².